The van der Waals surface area contributed by atoms with Gasteiger partial charge in [-0.1, -0.05) is 42.5 Å². The van der Waals surface area contributed by atoms with E-state index in [-0.39, 0.29) is 12.1 Å². The molecule has 120 valence electrons. The minimum Gasteiger partial charge on any atom is -0.338 e. The number of hydrogen-bond donors (Lipinski definition) is 3. The topological polar surface area (TPSA) is 53.2 Å². The van der Waals surface area contributed by atoms with Crippen LogP contribution in [0.25, 0.3) is 10.8 Å². The lowest BCUT2D eigenvalue weighted by molar-refractivity contribution is 0.238. The van der Waals surface area contributed by atoms with Gasteiger partial charge in [-0.3, -0.25) is 0 Å². The Balaban J connectivity index is 1.35. The van der Waals surface area contributed by atoms with E-state index in [0.717, 1.165) is 32.5 Å². The van der Waals surface area contributed by atoms with Crippen LogP contribution in [0, 0.1) is 5.92 Å². The van der Waals surface area contributed by atoms with Crippen molar-refractivity contribution in [1.82, 2.24) is 16.0 Å². The molecule has 3 N–H and O–H groups in total. The Morgan fingerprint density at radius 3 is 2.91 bits per heavy atom. The van der Waals surface area contributed by atoms with Gasteiger partial charge < -0.3 is 16.0 Å². The van der Waals surface area contributed by atoms with E-state index in [1.807, 2.05) is 0 Å². The molecule has 23 heavy (non-hydrogen) atoms. The first kappa shape index (κ1) is 14.5. The molecular formula is C19H23N3O. The quantitative estimate of drug-likeness (QED) is 0.813. The van der Waals surface area contributed by atoms with E-state index >= 15 is 0 Å². The summed E-state index contributed by atoms with van der Waals surface area (Å²) in [5.74, 6) is 1.02. The highest BCUT2D eigenvalue weighted by molar-refractivity contribution is 5.87. The van der Waals surface area contributed by atoms with Gasteiger partial charge in [0.25, 0.3) is 0 Å². The minimum atomic E-state index is -0.0235. The van der Waals surface area contributed by atoms with Crippen LogP contribution in [0.3, 0.4) is 0 Å². The number of amides is 2. The molecule has 2 fully saturated rings. The van der Waals surface area contributed by atoms with Gasteiger partial charge >= 0.3 is 6.03 Å². The molecule has 1 aliphatic heterocycles. The zero-order valence-corrected chi connectivity index (χ0v) is 13.2. The van der Waals surface area contributed by atoms with Crippen molar-refractivity contribution in [2.24, 2.45) is 5.92 Å². The second-order valence-electron chi connectivity index (χ2n) is 6.73. The van der Waals surface area contributed by atoms with E-state index in [4.69, 9.17) is 0 Å². The highest BCUT2D eigenvalue weighted by Crippen LogP contribution is 2.43. The summed E-state index contributed by atoms with van der Waals surface area (Å²) >= 11 is 0. The number of carbonyl (C=O) groups excluding carboxylic acids is 1. The minimum absolute atomic E-state index is 0.0235. The zero-order chi connectivity index (χ0) is 15.6. The summed E-state index contributed by atoms with van der Waals surface area (Å²) in [5.41, 5.74) is 1.35. The first-order chi connectivity index (χ1) is 11.3. The van der Waals surface area contributed by atoms with Gasteiger partial charge in [0.2, 0.25) is 0 Å². The van der Waals surface area contributed by atoms with Gasteiger partial charge in [-0.2, -0.15) is 0 Å². The molecule has 4 rings (SSSR count). The van der Waals surface area contributed by atoms with Gasteiger partial charge in [0.15, 0.2) is 0 Å². The maximum atomic E-state index is 12.0. The fourth-order valence-electron chi connectivity index (χ4n) is 3.62. The smallest absolute Gasteiger partial charge is 0.315 e. The number of urea groups is 1. The summed E-state index contributed by atoms with van der Waals surface area (Å²) in [5, 5.41) is 12.0. The van der Waals surface area contributed by atoms with E-state index in [0.29, 0.717) is 11.8 Å². The lowest BCUT2D eigenvalue weighted by atomic mass is 10.0. The summed E-state index contributed by atoms with van der Waals surface area (Å²) in [6, 6.07) is 15.2. The highest BCUT2D eigenvalue weighted by Gasteiger charge is 2.40. The summed E-state index contributed by atoms with van der Waals surface area (Å²) in [6.07, 6.45) is 2.19. The monoisotopic (exact) mass is 309 g/mol. The van der Waals surface area contributed by atoms with Gasteiger partial charge in [0.05, 0.1) is 0 Å². The second-order valence-corrected chi connectivity index (χ2v) is 6.73. The van der Waals surface area contributed by atoms with Crippen LogP contribution in [-0.4, -0.2) is 31.7 Å². The highest BCUT2D eigenvalue weighted by atomic mass is 16.2. The fraction of sp³-hybridized carbons (Fsp3) is 0.421. The maximum Gasteiger partial charge on any atom is 0.315 e. The Kier molecular flexibility index (Phi) is 3.92. The molecule has 1 saturated carbocycles. The zero-order valence-electron chi connectivity index (χ0n) is 13.2. The molecule has 0 radical (unpaired) electrons. The maximum absolute atomic E-state index is 12.0. The molecule has 0 spiro atoms. The molecule has 4 nitrogen and oxygen atoms in total. The first-order valence-corrected chi connectivity index (χ1v) is 8.54. The van der Waals surface area contributed by atoms with Crippen molar-refractivity contribution in [3.8, 4) is 0 Å². The number of fused-ring (bicyclic) bond motifs is 1. The van der Waals surface area contributed by atoms with Crippen LogP contribution in [0.4, 0.5) is 4.79 Å². The molecule has 2 amide bonds. The van der Waals surface area contributed by atoms with Crippen LogP contribution in [0.1, 0.15) is 24.3 Å². The van der Waals surface area contributed by atoms with Gasteiger partial charge in [-0.25, -0.2) is 4.79 Å². The molecule has 2 aliphatic rings. The summed E-state index contributed by atoms with van der Waals surface area (Å²) in [4.78, 5) is 12.0. The molecule has 1 saturated heterocycles. The van der Waals surface area contributed by atoms with Crippen LogP contribution in [-0.2, 0) is 0 Å². The molecule has 2 aromatic carbocycles. The van der Waals surface area contributed by atoms with Crippen LogP contribution < -0.4 is 16.0 Å². The van der Waals surface area contributed by atoms with Gasteiger partial charge in [0.1, 0.15) is 0 Å². The average molecular weight is 309 g/mol. The van der Waals surface area contributed by atoms with Crippen molar-refractivity contribution in [2.45, 2.75) is 24.8 Å². The lowest BCUT2D eigenvalue weighted by Gasteiger charge is -2.11. The van der Waals surface area contributed by atoms with Gasteiger partial charge in [-0.05, 0) is 48.2 Å². The van der Waals surface area contributed by atoms with Crippen LogP contribution in [0.5, 0.6) is 0 Å². The second kappa shape index (κ2) is 6.20. The summed E-state index contributed by atoms with van der Waals surface area (Å²) in [7, 11) is 0. The standard InChI is InChI=1S/C19H23N3O/c23-19(21-12-13-8-9-20-11-13)22-18-10-17(18)16-7-3-5-14-4-1-2-6-15(14)16/h1-7,13,17-18,20H,8-12H2,(H2,21,22,23)/t13?,17-,18+/m0/s1. The van der Waals surface area contributed by atoms with Crippen molar-refractivity contribution < 1.29 is 4.79 Å². The summed E-state index contributed by atoms with van der Waals surface area (Å²) in [6.45, 7) is 2.85. The molecule has 4 heteroatoms. The number of hydrogen-bond acceptors (Lipinski definition) is 2. The van der Waals surface area contributed by atoms with Crippen molar-refractivity contribution in [3.63, 3.8) is 0 Å². The van der Waals surface area contributed by atoms with Crippen LogP contribution in [0.15, 0.2) is 42.5 Å². The Labute approximate surface area is 136 Å². The molecular weight excluding hydrogens is 286 g/mol. The third kappa shape index (κ3) is 3.17. The van der Waals surface area contributed by atoms with E-state index in [1.165, 1.54) is 16.3 Å². The largest absolute Gasteiger partial charge is 0.338 e. The van der Waals surface area contributed by atoms with Gasteiger partial charge in [-0.15, -0.1) is 0 Å². The van der Waals surface area contributed by atoms with Crippen molar-refractivity contribution in [2.75, 3.05) is 19.6 Å². The normalized spacial score (nSPS) is 26.2. The van der Waals surface area contributed by atoms with Crippen LogP contribution >= 0.6 is 0 Å². The molecule has 1 aliphatic carbocycles. The lowest BCUT2D eigenvalue weighted by Crippen LogP contribution is -2.40. The number of rotatable bonds is 4. The Morgan fingerprint density at radius 2 is 2.04 bits per heavy atom. The molecule has 1 heterocycles. The van der Waals surface area contributed by atoms with Crippen LogP contribution in [0.2, 0.25) is 0 Å². The summed E-state index contributed by atoms with van der Waals surface area (Å²) < 4.78 is 0. The number of benzene rings is 2. The third-order valence-electron chi connectivity index (χ3n) is 5.04. The molecule has 2 aromatic rings. The first-order valence-electron chi connectivity index (χ1n) is 8.54. The SMILES string of the molecule is O=C(NCC1CCNC1)N[C@@H]1C[C@H]1c1cccc2ccccc12. The van der Waals surface area contributed by atoms with E-state index in [1.54, 1.807) is 0 Å². The van der Waals surface area contributed by atoms with Crippen molar-refractivity contribution in [1.29, 1.82) is 0 Å². The molecule has 0 aromatic heterocycles. The van der Waals surface area contributed by atoms with E-state index in [9.17, 15) is 4.79 Å². The third-order valence-corrected chi connectivity index (χ3v) is 5.04. The van der Waals surface area contributed by atoms with E-state index < -0.39 is 0 Å². The van der Waals surface area contributed by atoms with Crippen molar-refractivity contribution in [3.05, 3.63) is 48.0 Å². The van der Waals surface area contributed by atoms with E-state index in [2.05, 4.69) is 58.4 Å². The fourth-order valence-corrected chi connectivity index (χ4v) is 3.62. The molecule has 1 unspecified atom stereocenters. The number of nitrogens with one attached hydrogen (secondary N) is 3. The Morgan fingerprint density at radius 1 is 1.17 bits per heavy atom. The Hall–Kier alpha value is -2.07. The van der Waals surface area contributed by atoms with Gasteiger partial charge in [0, 0.05) is 18.5 Å². The Bertz CT molecular complexity index is 703. The predicted molar refractivity (Wildman–Crippen MR) is 92.6 cm³/mol. The molecule has 0 bridgehead atoms. The average Bonchev–Trinajstić information content (AvgIpc) is 3.12. The number of carbonyl (C=O) groups is 1. The predicted octanol–water partition coefficient (Wildman–Crippen LogP) is 2.60. The molecule has 3 atom stereocenters. The van der Waals surface area contributed by atoms with Crippen molar-refractivity contribution >= 4 is 16.8 Å².